The zero-order chi connectivity index (χ0) is 20.3. The number of sulfonamides is 1. The van der Waals surface area contributed by atoms with Gasteiger partial charge in [-0.05, 0) is 62.8 Å². The van der Waals surface area contributed by atoms with E-state index in [9.17, 15) is 22.7 Å². The summed E-state index contributed by atoms with van der Waals surface area (Å²) in [6, 6.07) is 3.47. The summed E-state index contributed by atoms with van der Waals surface area (Å²) in [7, 11) is -4.07. The summed E-state index contributed by atoms with van der Waals surface area (Å²) in [5, 5.41) is 18.3. The minimum atomic E-state index is -4.07. The van der Waals surface area contributed by atoms with Gasteiger partial charge in [-0.3, -0.25) is 4.79 Å². The van der Waals surface area contributed by atoms with Crippen LogP contribution in [0.3, 0.4) is 0 Å². The van der Waals surface area contributed by atoms with Gasteiger partial charge >= 0.3 is 5.97 Å². The molecule has 1 aromatic heterocycles. The molecule has 2 N–H and O–H groups in total. The Labute approximate surface area is 174 Å². The summed E-state index contributed by atoms with van der Waals surface area (Å²) in [6.45, 7) is 2.21. The topological polar surface area (TPSA) is 109 Å². The summed E-state index contributed by atoms with van der Waals surface area (Å²) in [5.41, 5.74) is 0.562. The van der Waals surface area contributed by atoms with Gasteiger partial charge in [-0.25, -0.2) is 17.5 Å². The normalized spacial score (nSPS) is 19.1. The lowest BCUT2D eigenvalue weighted by Gasteiger charge is -2.18. The Hall–Kier alpha value is -1.84. The highest BCUT2D eigenvalue weighted by Crippen LogP contribution is 2.42. The number of halogens is 2. The maximum absolute atomic E-state index is 13.9. The number of hydrogen-bond acceptors (Lipinski definition) is 5. The van der Waals surface area contributed by atoms with Crippen LogP contribution in [-0.2, 0) is 27.7 Å². The van der Waals surface area contributed by atoms with Crippen molar-refractivity contribution in [1.29, 1.82) is 0 Å². The third-order valence-electron chi connectivity index (χ3n) is 5.27. The van der Waals surface area contributed by atoms with Crippen LogP contribution in [0.15, 0.2) is 17.0 Å². The van der Waals surface area contributed by atoms with Crippen LogP contribution in [0.5, 0.6) is 0 Å². The van der Waals surface area contributed by atoms with E-state index >= 15 is 0 Å². The molecule has 0 radical (unpaired) electrons. The molecule has 0 amide bonds. The van der Waals surface area contributed by atoms with Crippen LogP contribution in [0.25, 0.3) is 10.9 Å². The molecule has 1 atom stereocenters. The first-order valence-electron chi connectivity index (χ1n) is 9.28. The van der Waals surface area contributed by atoms with Crippen molar-refractivity contribution in [3.8, 4) is 0 Å². The second kappa shape index (κ2) is 7.45. The number of aliphatic carboxylic acids is 1. The fraction of sp³-hybridized carbons (Fsp3) is 0.526. The molecule has 10 heteroatoms. The molecule has 1 aromatic carbocycles. The van der Waals surface area contributed by atoms with E-state index in [-0.39, 0.29) is 42.6 Å². The Morgan fingerprint density at radius 2 is 1.97 bits per heavy atom. The lowest BCUT2D eigenvalue weighted by Crippen LogP contribution is -2.36. The maximum atomic E-state index is 13.9. The number of carboxylic acids is 1. The SMILES string of the molecule is CC(C)(F)CNS(=O)(=O)c1c2c(cc3nnc(C4CC4)cc13)CC(C(=O)O)C2.Cl. The van der Waals surface area contributed by atoms with Crippen molar-refractivity contribution < 1.29 is 22.7 Å². The minimum Gasteiger partial charge on any atom is -0.481 e. The molecule has 1 heterocycles. The number of fused-ring (bicyclic) bond motifs is 2. The van der Waals surface area contributed by atoms with Gasteiger partial charge in [-0.2, -0.15) is 10.2 Å². The van der Waals surface area contributed by atoms with Gasteiger partial charge in [0.25, 0.3) is 0 Å². The highest BCUT2D eigenvalue weighted by atomic mass is 35.5. The van der Waals surface area contributed by atoms with Gasteiger partial charge in [-0.15, -0.1) is 12.4 Å². The highest BCUT2D eigenvalue weighted by molar-refractivity contribution is 7.89. The summed E-state index contributed by atoms with van der Waals surface area (Å²) in [5.74, 6) is -1.37. The van der Waals surface area contributed by atoms with Gasteiger partial charge in [0, 0.05) is 17.8 Å². The lowest BCUT2D eigenvalue weighted by atomic mass is 10.1. The summed E-state index contributed by atoms with van der Waals surface area (Å²) in [4.78, 5) is 11.5. The molecule has 1 fully saturated rings. The van der Waals surface area contributed by atoms with Gasteiger partial charge in [0.15, 0.2) is 0 Å². The molecular weight excluding hydrogens is 421 g/mol. The Kier molecular flexibility index (Phi) is 5.61. The number of carboxylic acid groups (broad SMARTS) is 1. The average molecular weight is 444 g/mol. The number of aromatic nitrogens is 2. The van der Waals surface area contributed by atoms with E-state index < -0.39 is 27.6 Å². The van der Waals surface area contributed by atoms with Crippen molar-refractivity contribution in [2.75, 3.05) is 6.54 Å². The van der Waals surface area contributed by atoms with Gasteiger partial charge in [0.2, 0.25) is 10.0 Å². The van der Waals surface area contributed by atoms with Crippen LogP contribution in [0, 0.1) is 5.92 Å². The second-order valence-electron chi connectivity index (χ2n) is 8.31. The van der Waals surface area contributed by atoms with Gasteiger partial charge in [0.05, 0.1) is 22.0 Å². The van der Waals surface area contributed by atoms with Crippen LogP contribution < -0.4 is 4.72 Å². The summed E-state index contributed by atoms with van der Waals surface area (Å²) >= 11 is 0. The first kappa shape index (κ1) is 21.9. The van der Waals surface area contributed by atoms with Crippen LogP contribution in [0.1, 0.15) is 49.4 Å². The third kappa shape index (κ3) is 4.36. The van der Waals surface area contributed by atoms with Crippen molar-refractivity contribution >= 4 is 39.3 Å². The molecule has 0 aliphatic heterocycles. The number of rotatable bonds is 6. The fourth-order valence-electron chi connectivity index (χ4n) is 3.65. The predicted molar refractivity (Wildman–Crippen MR) is 108 cm³/mol. The van der Waals surface area contributed by atoms with Crippen molar-refractivity contribution in [2.45, 2.75) is 56.0 Å². The van der Waals surface area contributed by atoms with Gasteiger partial charge in [0.1, 0.15) is 5.67 Å². The molecule has 29 heavy (non-hydrogen) atoms. The molecule has 1 unspecified atom stereocenters. The monoisotopic (exact) mass is 443 g/mol. The maximum Gasteiger partial charge on any atom is 0.307 e. The van der Waals surface area contributed by atoms with E-state index in [0.717, 1.165) is 18.5 Å². The average Bonchev–Trinajstić information content (AvgIpc) is 3.36. The van der Waals surface area contributed by atoms with Gasteiger partial charge in [-0.1, -0.05) is 0 Å². The molecule has 7 nitrogen and oxygen atoms in total. The molecule has 4 rings (SSSR count). The molecule has 158 valence electrons. The minimum absolute atomic E-state index is 0. The smallest absolute Gasteiger partial charge is 0.307 e. The molecule has 2 aliphatic rings. The first-order chi connectivity index (χ1) is 13.0. The van der Waals surface area contributed by atoms with E-state index in [2.05, 4.69) is 14.9 Å². The largest absolute Gasteiger partial charge is 0.481 e. The summed E-state index contributed by atoms with van der Waals surface area (Å²) in [6.07, 6.45) is 2.34. The van der Waals surface area contributed by atoms with E-state index in [0.29, 0.717) is 22.0 Å². The Balaban J connectivity index is 0.00000240. The number of benzene rings is 1. The van der Waals surface area contributed by atoms with Crippen molar-refractivity contribution in [2.24, 2.45) is 5.92 Å². The quantitative estimate of drug-likeness (QED) is 0.710. The molecule has 2 aromatic rings. The van der Waals surface area contributed by atoms with Gasteiger partial charge < -0.3 is 5.11 Å². The predicted octanol–water partition coefficient (Wildman–Crippen LogP) is 2.75. The highest BCUT2D eigenvalue weighted by Gasteiger charge is 2.36. The molecule has 0 saturated heterocycles. The number of alkyl halides is 1. The van der Waals surface area contributed by atoms with E-state index in [4.69, 9.17) is 0 Å². The Morgan fingerprint density at radius 1 is 1.28 bits per heavy atom. The zero-order valence-corrected chi connectivity index (χ0v) is 17.7. The van der Waals surface area contributed by atoms with E-state index in [1.807, 2.05) is 0 Å². The fourth-order valence-corrected chi connectivity index (χ4v) is 5.32. The van der Waals surface area contributed by atoms with Crippen LogP contribution in [-0.4, -0.2) is 41.9 Å². The molecule has 0 spiro atoms. The number of carbonyl (C=O) groups is 1. The van der Waals surface area contributed by atoms with Crippen molar-refractivity contribution in [3.05, 3.63) is 29.0 Å². The second-order valence-corrected chi connectivity index (χ2v) is 10.0. The van der Waals surface area contributed by atoms with E-state index in [1.165, 1.54) is 13.8 Å². The summed E-state index contributed by atoms with van der Waals surface area (Å²) < 4.78 is 42.6. The standard InChI is InChI=1S/C19H22FN3O4S.ClH/c1-19(2,20)9-21-28(26,27)17-13-6-12(18(24)25)5-11(13)7-16-14(17)8-15(22-23-16)10-3-4-10;/h7-8,10,12,21H,3-6,9H2,1-2H3,(H,24,25);1H. The van der Waals surface area contributed by atoms with Crippen LogP contribution in [0.4, 0.5) is 4.39 Å². The number of hydrogen-bond donors (Lipinski definition) is 2. The molecule has 0 bridgehead atoms. The Bertz CT molecular complexity index is 1080. The number of nitrogens with one attached hydrogen (secondary N) is 1. The van der Waals surface area contributed by atoms with Crippen molar-refractivity contribution in [3.63, 3.8) is 0 Å². The molecule has 2 aliphatic carbocycles. The lowest BCUT2D eigenvalue weighted by molar-refractivity contribution is -0.141. The van der Waals surface area contributed by atoms with Crippen LogP contribution >= 0.6 is 12.4 Å². The van der Waals surface area contributed by atoms with Crippen LogP contribution in [0.2, 0.25) is 0 Å². The Morgan fingerprint density at radius 3 is 2.55 bits per heavy atom. The zero-order valence-electron chi connectivity index (χ0n) is 16.1. The molecular formula is C19H23ClFN3O4S. The van der Waals surface area contributed by atoms with E-state index in [1.54, 1.807) is 12.1 Å². The third-order valence-corrected chi connectivity index (χ3v) is 6.80. The number of nitrogens with zero attached hydrogens (tertiary/aromatic N) is 2. The molecule has 1 saturated carbocycles. The van der Waals surface area contributed by atoms with Crippen molar-refractivity contribution in [1.82, 2.24) is 14.9 Å². The first-order valence-corrected chi connectivity index (χ1v) is 10.8.